The summed E-state index contributed by atoms with van der Waals surface area (Å²) in [6, 6.07) is 9.95. The number of amides is 1. The highest BCUT2D eigenvalue weighted by atomic mass is 32.1. The molecule has 1 aromatic heterocycles. The number of rotatable bonds is 2. The summed E-state index contributed by atoms with van der Waals surface area (Å²) in [5, 5.41) is 4.16. The van der Waals surface area contributed by atoms with Crippen molar-refractivity contribution in [3.8, 4) is 17.6 Å². The lowest BCUT2D eigenvalue weighted by molar-refractivity contribution is -0.127. The molecule has 1 amide bonds. The van der Waals surface area contributed by atoms with Crippen LogP contribution in [0, 0.1) is 17.8 Å². The smallest absolute Gasteiger partial charge is 0.415 e. The van der Waals surface area contributed by atoms with Crippen LogP contribution in [-0.2, 0) is 25.4 Å². The van der Waals surface area contributed by atoms with E-state index in [0.717, 1.165) is 31.6 Å². The number of fused-ring (bicyclic) bond motifs is 4. The molecule has 0 spiro atoms. The van der Waals surface area contributed by atoms with Crippen LogP contribution >= 0.6 is 11.3 Å². The first-order chi connectivity index (χ1) is 24.7. The maximum atomic E-state index is 14.0. The zero-order chi connectivity index (χ0) is 37.5. The third-order valence-corrected chi connectivity index (χ3v) is 9.85. The van der Waals surface area contributed by atoms with Crippen LogP contribution in [0.15, 0.2) is 36.4 Å². The Morgan fingerprint density at radius 1 is 1.04 bits per heavy atom. The molecule has 4 bridgehead atoms. The normalized spacial score (nSPS) is 19.8. The molecule has 3 aromatic rings. The molecule has 1 saturated heterocycles. The molecule has 3 heterocycles. The molecule has 1 N–H and O–H groups in total. The molecule has 0 saturated carbocycles. The van der Waals surface area contributed by atoms with E-state index in [1.54, 1.807) is 39.0 Å². The fraction of sp³-hybridized carbons (Fsp3) is 0.526. The topological polar surface area (TPSA) is 98.8 Å². The fourth-order valence-electron chi connectivity index (χ4n) is 6.27. The van der Waals surface area contributed by atoms with Crippen molar-refractivity contribution in [1.82, 2.24) is 4.90 Å². The van der Waals surface area contributed by atoms with Crippen molar-refractivity contribution >= 4 is 44.9 Å². The predicted octanol–water partition coefficient (Wildman–Crippen LogP) is 7.13. The largest absolute Gasteiger partial charge is 0.491 e. The molecule has 2 aromatic carbocycles. The van der Waals surface area contributed by atoms with E-state index < -0.39 is 30.3 Å². The molecule has 2 aliphatic heterocycles. The van der Waals surface area contributed by atoms with Gasteiger partial charge in [-0.05, 0) is 82.3 Å². The molecule has 52 heavy (non-hydrogen) atoms. The van der Waals surface area contributed by atoms with Gasteiger partial charge in [0, 0.05) is 25.3 Å². The Labute approximate surface area is 306 Å². The minimum atomic E-state index is -4.48. The number of carbonyl (C=O) groups is 2. The van der Waals surface area contributed by atoms with Gasteiger partial charge in [0.05, 0.1) is 66.4 Å². The SMILES string of the molecule is COC(=O)c1cc2cc(c1)N(C(=O)OC(C)(C)C)CC#Cc1sc3c(cccc3c1CC(F)(F)F)NC1CCN(C)CC1CCOCCOCCO2. The predicted molar refractivity (Wildman–Crippen MR) is 195 cm³/mol. The van der Waals surface area contributed by atoms with E-state index in [1.165, 1.54) is 35.5 Å². The van der Waals surface area contributed by atoms with Crippen LogP contribution < -0.4 is 15.0 Å². The zero-order valence-electron chi connectivity index (χ0n) is 30.2. The highest BCUT2D eigenvalue weighted by Crippen LogP contribution is 2.40. The second-order valence-electron chi connectivity index (χ2n) is 13.9. The Bertz CT molecular complexity index is 1780. The van der Waals surface area contributed by atoms with Crippen LogP contribution in [0.1, 0.15) is 54.4 Å². The standard InChI is InChI=1S/C38H46F3N3O7S/c1-37(2,3)51-36(46)44-13-7-10-33-30(23-38(39,40)41)29-8-6-9-32(34(29)52-33)42-31-11-14-43(4)24-25(31)12-15-48-16-17-49-18-19-50-28-21-26(35(45)47-5)20-27(44)22-28/h6,8-9,20-22,25,31,42H,11-19,23-24H2,1-5H3. The summed E-state index contributed by atoms with van der Waals surface area (Å²) < 4.78 is 70.9. The van der Waals surface area contributed by atoms with Gasteiger partial charge in [-0.3, -0.25) is 4.90 Å². The molecule has 10 nitrogen and oxygen atoms in total. The van der Waals surface area contributed by atoms with Crippen LogP contribution in [0.3, 0.4) is 0 Å². The zero-order valence-corrected chi connectivity index (χ0v) is 31.0. The minimum absolute atomic E-state index is 0.0841. The highest BCUT2D eigenvalue weighted by Gasteiger charge is 2.32. The van der Waals surface area contributed by atoms with Crippen molar-refractivity contribution < 1.29 is 46.4 Å². The molecular formula is C38H46F3N3O7S. The number of hydrogen-bond donors (Lipinski definition) is 1. The first-order valence-electron chi connectivity index (χ1n) is 17.3. The van der Waals surface area contributed by atoms with Crippen molar-refractivity contribution in [2.45, 2.75) is 57.9 Å². The Morgan fingerprint density at radius 2 is 1.79 bits per heavy atom. The molecule has 0 radical (unpaired) electrons. The minimum Gasteiger partial charge on any atom is -0.491 e. The Morgan fingerprint density at radius 3 is 2.52 bits per heavy atom. The summed E-state index contributed by atoms with van der Waals surface area (Å²) in [4.78, 5) is 30.0. The second-order valence-corrected chi connectivity index (χ2v) is 14.9. The lowest BCUT2D eigenvalue weighted by atomic mass is 9.89. The molecule has 2 unspecified atom stereocenters. The van der Waals surface area contributed by atoms with E-state index in [4.69, 9.17) is 23.7 Å². The second kappa shape index (κ2) is 17.2. The average molecular weight is 746 g/mol. The van der Waals surface area contributed by atoms with E-state index in [9.17, 15) is 22.8 Å². The van der Waals surface area contributed by atoms with Gasteiger partial charge in [-0.2, -0.15) is 13.2 Å². The summed E-state index contributed by atoms with van der Waals surface area (Å²) in [7, 11) is 3.32. The molecular weight excluding hydrogens is 699 g/mol. The van der Waals surface area contributed by atoms with Crippen molar-refractivity contribution in [1.29, 1.82) is 0 Å². The van der Waals surface area contributed by atoms with Crippen LogP contribution in [0.25, 0.3) is 10.1 Å². The lowest BCUT2D eigenvalue weighted by Crippen LogP contribution is -2.45. The summed E-state index contributed by atoms with van der Waals surface area (Å²) in [6.07, 6.45) is -4.74. The number of hydrogen-bond acceptors (Lipinski definition) is 10. The quantitative estimate of drug-likeness (QED) is 0.217. The molecule has 0 aliphatic carbocycles. The van der Waals surface area contributed by atoms with Crippen LogP contribution in [-0.4, -0.2) is 102 Å². The van der Waals surface area contributed by atoms with Crippen LogP contribution in [0.2, 0.25) is 0 Å². The number of piperidine rings is 1. The first-order valence-corrected chi connectivity index (χ1v) is 18.1. The third-order valence-electron chi connectivity index (χ3n) is 8.65. The summed E-state index contributed by atoms with van der Waals surface area (Å²) in [5.74, 6) is 5.75. The number of methoxy groups -OCH3 is 1. The number of anilines is 2. The van der Waals surface area contributed by atoms with E-state index in [-0.39, 0.29) is 59.2 Å². The molecule has 282 valence electrons. The summed E-state index contributed by atoms with van der Waals surface area (Å²) >= 11 is 1.20. The number of alkyl halides is 3. The average Bonchev–Trinajstić information content (AvgIpc) is 3.41. The summed E-state index contributed by atoms with van der Waals surface area (Å²) in [5.41, 5.74) is 0.293. The Balaban J connectivity index is 1.59. The van der Waals surface area contributed by atoms with Gasteiger partial charge < -0.3 is 33.9 Å². The maximum Gasteiger partial charge on any atom is 0.415 e. The number of esters is 1. The van der Waals surface area contributed by atoms with Crippen molar-refractivity contribution in [2.75, 3.05) is 77.0 Å². The van der Waals surface area contributed by atoms with E-state index >= 15 is 0 Å². The number of ether oxygens (including phenoxy) is 5. The number of carbonyl (C=O) groups excluding carboxylic acids is 2. The lowest BCUT2D eigenvalue weighted by Gasteiger charge is -2.38. The molecule has 5 rings (SSSR count). The van der Waals surface area contributed by atoms with Gasteiger partial charge in [0.15, 0.2) is 0 Å². The number of thiophene rings is 1. The molecule has 2 aliphatic rings. The Hall–Kier alpha value is -4.03. The molecule has 1 fully saturated rings. The highest BCUT2D eigenvalue weighted by molar-refractivity contribution is 7.20. The van der Waals surface area contributed by atoms with Gasteiger partial charge in [-0.15, -0.1) is 11.3 Å². The van der Waals surface area contributed by atoms with Gasteiger partial charge in [0.25, 0.3) is 0 Å². The third kappa shape index (κ3) is 10.8. The van der Waals surface area contributed by atoms with E-state index in [1.807, 2.05) is 6.07 Å². The monoisotopic (exact) mass is 745 g/mol. The van der Waals surface area contributed by atoms with E-state index in [2.05, 4.69) is 29.1 Å². The number of nitrogens with one attached hydrogen (secondary N) is 1. The number of nitrogens with zero attached hydrogens (tertiary/aromatic N) is 2. The van der Waals surface area contributed by atoms with Gasteiger partial charge in [-0.25, -0.2) is 9.59 Å². The van der Waals surface area contributed by atoms with Crippen molar-refractivity contribution in [3.63, 3.8) is 0 Å². The van der Waals surface area contributed by atoms with Crippen molar-refractivity contribution in [3.05, 3.63) is 52.4 Å². The van der Waals surface area contributed by atoms with Crippen LogP contribution in [0.4, 0.5) is 29.3 Å². The fourth-order valence-corrected chi connectivity index (χ4v) is 7.44. The number of benzene rings is 2. The van der Waals surface area contributed by atoms with Crippen molar-refractivity contribution in [2.24, 2.45) is 5.92 Å². The number of likely N-dealkylation sites (tertiary alicyclic amines) is 1. The molecule has 2 atom stereocenters. The summed E-state index contributed by atoms with van der Waals surface area (Å²) in [6.45, 7) is 8.29. The number of halogens is 3. The molecule has 14 heteroatoms. The maximum absolute atomic E-state index is 14.0. The van der Waals surface area contributed by atoms with E-state index in [0.29, 0.717) is 29.9 Å². The van der Waals surface area contributed by atoms with Crippen LogP contribution in [0.5, 0.6) is 5.75 Å². The first kappa shape index (κ1) is 39.2. The Kier molecular flexibility index (Phi) is 13.0. The van der Waals surface area contributed by atoms with Gasteiger partial charge in [-0.1, -0.05) is 24.0 Å². The van der Waals surface area contributed by atoms with Gasteiger partial charge in [0.1, 0.15) is 18.0 Å². The van der Waals surface area contributed by atoms with Gasteiger partial charge in [0.2, 0.25) is 0 Å². The van der Waals surface area contributed by atoms with Gasteiger partial charge >= 0.3 is 18.2 Å².